The molecule has 0 fully saturated rings. The zero-order valence-electron chi connectivity index (χ0n) is 9.73. The van der Waals surface area contributed by atoms with E-state index in [0.717, 1.165) is 7.05 Å². The molecule has 5 nitrogen and oxygen atoms in total. The predicted octanol–water partition coefficient (Wildman–Crippen LogP) is 0.950. The van der Waals surface area contributed by atoms with Crippen molar-refractivity contribution in [3.63, 3.8) is 0 Å². The molecule has 0 spiro atoms. The van der Waals surface area contributed by atoms with Gasteiger partial charge in [-0.05, 0) is 17.7 Å². The lowest BCUT2D eigenvalue weighted by atomic mass is 10.2. The lowest BCUT2D eigenvalue weighted by molar-refractivity contribution is -0.137. The summed E-state index contributed by atoms with van der Waals surface area (Å²) in [5, 5.41) is 8.46. The van der Waals surface area contributed by atoms with Gasteiger partial charge in [0.1, 0.15) is 6.54 Å². The predicted molar refractivity (Wildman–Crippen MR) is 59.2 cm³/mol. The Kier molecular flexibility index (Phi) is 4.53. The Bertz CT molecular complexity index is 580. The third kappa shape index (κ3) is 3.93. The third-order valence-electron chi connectivity index (χ3n) is 2.23. The number of aliphatic carboxylic acids is 1. The van der Waals surface area contributed by atoms with Gasteiger partial charge >= 0.3 is 5.97 Å². The standard InChI is InChI=1S/C10H10F3NO4S/c1-14(4-9(15)16)19(17,18)5-6-2-7(11)10(13)8(12)3-6/h2-3H,4-5H2,1H3,(H,15,16). The van der Waals surface area contributed by atoms with Crippen LogP contribution in [-0.4, -0.2) is 37.4 Å². The van der Waals surface area contributed by atoms with Gasteiger partial charge in [-0.3, -0.25) is 4.79 Å². The number of carboxylic acids is 1. The van der Waals surface area contributed by atoms with Gasteiger partial charge in [-0.15, -0.1) is 0 Å². The molecule has 0 atom stereocenters. The summed E-state index contributed by atoms with van der Waals surface area (Å²) < 4.78 is 62.4. The number of sulfonamides is 1. The molecule has 9 heteroatoms. The second kappa shape index (κ2) is 5.57. The van der Waals surface area contributed by atoms with Gasteiger partial charge in [0.05, 0.1) is 5.75 Å². The first-order valence-electron chi connectivity index (χ1n) is 4.92. The molecular formula is C10H10F3NO4S. The number of carboxylic acid groups (broad SMARTS) is 1. The highest BCUT2D eigenvalue weighted by Crippen LogP contribution is 2.16. The van der Waals surface area contributed by atoms with E-state index in [1.165, 1.54) is 0 Å². The number of likely N-dealkylation sites (N-methyl/N-ethyl adjacent to an activating group) is 1. The Balaban J connectivity index is 2.99. The molecule has 106 valence electrons. The van der Waals surface area contributed by atoms with E-state index in [-0.39, 0.29) is 5.56 Å². The minimum Gasteiger partial charge on any atom is -0.480 e. The van der Waals surface area contributed by atoms with E-state index in [1.807, 2.05) is 0 Å². The van der Waals surface area contributed by atoms with Crippen LogP contribution < -0.4 is 0 Å². The first-order chi connectivity index (χ1) is 8.63. The summed E-state index contributed by atoms with van der Waals surface area (Å²) in [6, 6.07) is 1.09. The molecule has 0 aliphatic heterocycles. The number of hydrogen-bond donors (Lipinski definition) is 1. The van der Waals surface area contributed by atoms with Gasteiger partial charge in [0.15, 0.2) is 17.5 Å². The van der Waals surface area contributed by atoms with Crippen LogP contribution in [0.25, 0.3) is 0 Å². The van der Waals surface area contributed by atoms with E-state index in [4.69, 9.17) is 5.11 Å². The Morgan fingerprint density at radius 3 is 2.16 bits per heavy atom. The van der Waals surface area contributed by atoms with E-state index in [9.17, 15) is 26.4 Å². The van der Waals surface area contributed by atoms with Crippen molar-refractivity contribution in [3.05, 3.63) is 35.1 Å². The maximum absolute atomic E-state index is 12.9. The summed E-state index contributed by atoms with van der Waals surface area (Å²) in [4.78, 5) is 10.4. The van der Waals surface area contributed by atoms with E-state index >= 15 is 0 Å². The number of halogens is 3. The number of hydrogen-bond acceptors (Lipinski definition) is 3. The second-order valence-electron chi connectivity index (χ2n) is 3.78. The largest absolute Gasteiger partial charge is 0.480 e. The fraction of sp³-hybridized carbons (Fsp3) is 0.300. The summed E-state index contributed by atoms with van der Waals surface area (Å²) in [5.74, 6) is -6.91. The minimum absolute atomic E-state index is 0.311. The molecule has 19 heavy (non-hydrogen) atoms. The van der Waals surface area contributed by atoms with Crippen molar-refractivity contribution in [3.8, 4) is 0 Å². The summed E-state index contributed by atoms with van der Waals surface area (Å²) in [6.07, 6.45) is 0. The lowest BCUT2D eigenvalue weighted by Gasteiger charge is -2.14. The average Bonchev–Trinajstić information content (AvgIpc) is 2.24. The highest BCUT2D eigenvalue weighted by Gasteiger charge is 2.22. The van der Waals surface area contributed by atoms with Crippen molar-refractivity contribution in [2.24, 2.45) is 0 Å². The van der Waals surface area contributed by atoms with Crippen LogP contribution in [0.1, 0.15) is 5.56 Å². The monoisotopic (exact) mass is 297 g/mol. The zero-order chi connectivity index (χ0) is 14.8. The Morgan fingerprint density at radius 1 is 1.26 bits per heavy atom. The van der Waals surface area contributed by atoms with Crippen molar-refractivity contribution >= 4 is 16.0 Å². The van der Waals surface area contributed by atoms with Crippen LogP contribution in [0.3, 0.4) is 0 Å². The van der Waals surface area contributed by atoms with Crippen LogP contribution in [0.4, 0.5) is 13.2 Å². The van der Waals surface area contributed by atoms with Gasteiger partial charge < -0.3 is 5.11 Å². The molecule has 0 amide bonds. The topological polar surface area (TPSA) is 74.7 Å². The number of rotatable bonds is 5. The van der Waals surface area contributed by atoms with Crippen molar-refractivity contribution in [1.82, 2.24) is 4.31 Å². The van der Waals surface area contributed by atoms with Crippen molar-refractivity contribution in [1.29, 1.82) is 0 Å². The summed E-state index contributed by atoms with van der Waals surface area (Å²) in [5.41, 5.74) is -0.311. The van der Waals surface area contributed by atoms with Gasteiger partial charge in [-0.2, -0.15) is 4.31 Å². The highest BCUT2D eigenvalue weighted by molar-refractivity contribution is 7.88. The van der Waals surface area contributed by atoms with E-state index < -0.39 is 45.7 Å². The summed E-state index contributed by atoms with van der Waals surface area (Å²) in [6.45, 7) is -0.783. The molecular weight excluding hydrogens is 287 g/mol. The molecule has 0 bridgehead atoms. The molecule has 0 saturated heterocycles. The molecule has 0 saturated carbocycles. The molecule has 1 N–H and O–H groups in total. The quantitative estimate of drug-likeness (QED) is 0.821. The van der Waals surface area contributed by atoms with Gasteiger partial charge in [0, 0.05) is 7.05 Å². The maximum Gasteiger partial charge on any atom is 0.318 e. The maximum atomic E-state index is 12.9. The van der Waals surface area contributed by atoms with Crippen LogP contribution in [0.5, 0.6) is 0 Å². The Morgan fingerprint density at radius 2 is 1.74 bits per heavy atom. The molecule has 1 rings (SSSR count). The van der Waals surface area contributed by atoms with E-state index in [0.29, 0.717) is 16.4 Å². The molecule has 1 aromatic carbocycles. The fourth-order valence-electron chi connectivity index (χ4n) is 1.30. The van der Waals surface area contributed by atoms with Crippen molar-refractivity contribution < 1.29 is 31.5 Å². The van der Waals surface area contributed by atoms with E-state index in [2.05, 4.69) is 0 Å². The minimum atomic E-state index is -4.06. The summed E-state index contributed by atoms with van der Waals surface area (Å²) in [7, 11) is -3.04. The van der Waals surface area contributed by atoms with Crippen LogP contribution >= 0.6 is 0 Å². The van der Waals surface area contributed by atoms with Crippen LogP contribution in [0, 0.1) is 17.5 Å². The third-order valence-corrected chi connectivity index (χ3v) is 4.00. The second-order valence-corrected chi connectivity index (χ2v) is 5.86. The lowest BCUT2D eigenvalue weighted by Crippen LogP contribution is -2.33. The number of benzene rings is 1. The van der Waals surface area contributed by atoms with E-state index in [1.54, 1.807) is 0 Å². The molecule has 0 aromatic heterocycles. The molecule has 1 aromatic rings. The normalized spacial score (nSPS) is 11.8. The van der Waals surface area contributed by atoms with Crippen LogP contribution in [0.15, 0.2) is 12.1 Å². The molecule has 0 aliphatic carbocycles. The number of nitrogens with zero attached hydrogens (tertiary/aromatic N) is 1. The molecule has 0 aliphatic rings. The molecule has 0 unspecified atom stereocenters. The smallest absolute Gasteiger partial charge is 0.318 e. The SMILES string of the molecule is CN(CC(=O)O)S(=O)(=O)Cc1cc(F)c(F)c(F)c1. The van der Waals surface area contributed by atoms with Gasteiger partial charge in [0.2, 0.25) is 10.0 Å². The number of carbonyl (C=O) groups is 1. The van der Waals surface area contributed by atoms with Crippen molar-refractivity contribution in [2.75, 3.05) is 13.6 Å². The van der Waals surface area contributed by atoms with Crippen LogP contribution in [-0.2, 0) is 20.6 Å². The first-order valence-corrected chi connectivity index (χ1v) is 6.53. The van der Waals surface area contributed by atoms with Crippen molar-refractivity contribution in [2.45, 2.75) is 5.75 Å². The first kappa shape index (κ1) is 15.4. The Labute approximate surface area is 107 Å². The molecule has 0 radical (unpaired) electrons. The Hall–Kier alpha value is -1.61. The zero-order valence-corrected chi connectivity index (χ0v) is 10.5. The fourth-order valence-corrected chi connectivity index (χ4v) is 2.42. The van der Waals surface area contributed by atoms with Gasteiger partial charge in [-0.25, -0.2) is 21.6 Å². The highest BCUT2D eigenvalue weighted by atomic mass is 32.2. The molecule has 0 heterocycles. The van der Waals surface area contributed by atoms with Gasteiger partial charge in [0.25, 0.3) is 0 Å². The van der Waals surface area contributed by atoms with Gasteiger partial charge in [-0.1, -0.05) is 0 Å². The van der Waals surface area contributed by atoms with Crippen LogP contribution in [0.2, 0.25) is 0 Å². The average molecular weight is 297 g/mol. The summed E-state index contributed by atoms with van der Waals surface area (Å²) >= 11 is 0.